The fraction of sp³-hybridized carbons (Fsp3) is 0.130. The summed E-state index contributed by atoms with van der Waals surface area (Å²) in [5.41, 5.74) is 2.62. The van der Waals surface area contributed by atoms with Gasteiger partial charge in [-0.3, -0.25) is 9.59 Å². The van der Waals surface area contributed by atoms with Crippen LogP contribution in [0.25, 0.3) is 21.7 Å². The number of carbonyl (C=O) groups is 2. The predicted molar refractivity (Wildman–Crippen MR) is 113 cm³/mol. The van der Waals surface area contributed by atoms with Gasteiger partial charge in [0.15, 0.2) is 0 Å². The first-order valence-electron chi connectivity index (χ1n) is 9.18. The second-order valence-electron chi connectivity index (χ2n) is 6.74. The minimum atomic E-state index is -0.209. The Bertz CT molecular complexity index is 1230. The van der Waals surface area contributed by atoms with E-state index in [9.17, 15) is 9.59 Å². The van der Waals surface area contributed by atoms with Crippen molar-refractivity contribution in [1.82, 2.24) is 0 Å². The number of fused-ring (bicyclic) bond motifs is 3. The smallest absolute Gasteiger partial charge is 0.229 e. The number of ether oxygens (including phenoxy) is 1. The minimum Gasteiger partial charge on any atom is -0.495 e. The number of furan rings is 1. The number of rotatable bonds is 5. The third-order valence-electron chi connectivity index (χ3n) is 4.69. The van der Waals surface area contributed by atoms with Crippen LogP contribution >= 0.6 is 0 Å². The number of hydrogen-bond acceptors (Lipinski definition) is 4. The van der Waals surface area contributed by atoms with E-state index in [4.69, 9.17) is 9.15 Å². The highest BCUT2D eigenvalue weighted by atomic mass is 16.5. The molecule has 6 nitrogen and oxygen atoms in total. The van der Waals surface area contributed by atoms with Crippen LogP contribution < -0.4 is 15.4 Å². The van der Waals surface area contributed by atoms with Gasteiger partial charge < -0.3 is 19.8 Å². The summed E-state index contributed by atoms with van der Waals surface area (Å²) in [5.74, 6) is 0.109. The zero-order valence-corrected chi connectivity index (χ0v) is 16.1. The molecule has 0 aliphatic rings. The molecule has 29 heavy (non-hydrogen) atoms. The molecule has 0 unspecified atom stereocenters. The molecule has 0 radical (unpaired) electrons. The topological polar surface area (TPSA) is 80.6 Å². The Kier molecular flexibility index (Phi) is 4.91. The van der Waals surface area contributed by atoms with E-state index in [0.29, 0.717) is 17.1 Å². The summed E-state index contributed by atoms with van der Waals surface area (Å²) >= 11 is 0. The molecule has 2 amide bonds. The Morgan fingerprint density at radius 2 is 1.86 bits per heavy atom. The average Bonchev–Trinajstić information content (AvgIpc) is 3.11. The Morgan fingerprint density at radius 1 is 1.03 bits per heavy atom. The fourth-order valence-electron chi connectivity index (χ4n) is 3.46. The molecular formula is C23H20N2O4. The summed E-state index contributed by atoms with van der Waals surface area (Å²) in [6, 6.07) is 17.0. The Balaban J connectivity index is 1.62. The van der Waals surface area contributed by atoms with Crippen LogP contribution in [0.1, 0.15) is 12.5 Å². The molecule has 0 spiro atoms. The van der Waals surface area contributed by atoms with Crippen LogP contribution in [-0.2, 0) is 16.0 Å². The monoisotopic (exact) mass is 388 g/mol. The van der Waals surface area contributed by atoms with Gasteiger partial charge in [0.1, 0.15) is 11.3 Å². The Hall–Kier alpha value is -3.80. The van der Waals surface area contributed by atoms with E-state index in [1.165, 1.54) is 14.0 Å². The van der Waals surface area contributed by atoms with Crippen LogP contribution in [0.4, 0.5) is 11.4 Å². The molecule has 6 heteroatoms. The first-order valence-corrected chi connectivity index (χ1v) is 9.18. The van der Waals surface area contributed by atoms with Crippen molar-refractivity contribution in [2.45, 2.75) is 13.3 Å². The molecule has 4 rings (SSSR count). The van der Waals surface area contributed by atoms with Crippen molar-refractivity contribution in [3.63, 3.8) is 0 Å². The van der Waals surface area contributed by atoms with Crippen LogP contribution in [0.2, 0.25) is 0 Å². The third-order valence-corrected chi connectivity index (χ3v) is 4.69. The quantitative estimate of drug-likeness (QED) is 0.518. The number of methoxy groups -OCH3 is 1. The summed E-state index contributed by atoms with van der Waals surface area (Å²) in [5, 5.41) is 8.65. The Morgan fingerprint density at radius 3 is 2.66 bits per heavy atom. The highest BCUT2D eigenvalue weighted by Crippen LogP contribution is 2.31. The van der Waals surface area contributed by atoms with E-state index in [1.54, 1.807) is 24.5 Å². The van der Waals surface area contributed by atoms with Gasteiger partial charge in [0.2, 0.25) is 11.8 Å². The normalized spacial score (nSPS) is 10.8. The fourth-order valence-corrected chi connectivity index (χ4v) is 3.46. The maximum absolute atomic E-state index is 12.8. The average molecular weight is 388 g/mol. The maximum atomic E-state index is 12.8. The lowest BCUT2D eigenvalue weighted by Gasteiger charge is -2.12. The molecule has 0 aliphatic carbocycles. The van der Waals surface area contributed by atoms with E-state index in [-0.39, 0.29) is 18.2 Å². The summed E-state index contributed by atoms with van der Waals surface area (Å²) in [6.45, 7) is 1.43. The van der Waals surface area contributed by atoms with E-state index in [0.717, 1.165) is 27.3 Å². The van der Waals surface area contributed by atoms with Gasteiger partial charge in [-0.2, -0.15) is 0 Å². The zero-order valence-electron chi connectivity index (χ0n) is 16.1. The van der Waals surface area contributed by atoms with Gasteiger partial charge in [-0.05, 0) is 35.0 Å². The molecular weight excluding hydrogens is 368 g/mol. The van der Waals surface area contributed by atoms with Gasteiger partial charge in [-0.25, -0.2) is 0 Å². The van der Waals surface area contributed by atoms with Crippen LogP contribution in [0.15, 0.2) is 65.3 Å². The van der Waals surface area contributed by atoms with Gasteiger partial charge in [0.05, 0.1) is 25.5 Å². The standard InChI is InChI=1S/C23H20N2O4/c1-14(26)24-17-8-10-20(28-2)19(12-17)25-22(27)11-16-13-29-21-9-7-15-5-3-4-6-18(15)23(16)21/h3-10,12-13H,11H2,1-2H3,(H,24,26)(H,25,27). The van der Waals surface area contributed by atoms with Crippen LogP contribution in [0, 0.1) is 0 Å². The lowest BCUT2D eigenvalue weighted by Crippen LogP contribution is -2.15. The highest BCUT2D eigenvalue weighted by molar-refractivity contribution is 6.09. The molecule has 0 atom stereocenters. The summed E-state index contributed by atoms with van der Waals surface area (Å²) in [6.07, 6.45) is 1.77. The number of benzene rings is 3. The van der Waals surface area contributed by atoms with Crippen molar-refractivity contribution in [3.8, 4) is 5.75 Å². The number of amides is 2. The molecule has 0 saturated carbocycles. The third kappa shape index (κ3) is 3.78. The Labute approximate surface area is 167 Å². The lowest BCUT2D eigenvalue weighted by atomic mass is 10.0. The molecule has 146 valence electrons. The van der Waals surface area contributed by atoms with E-state index in [2.05, 4.69) is 10.6 Å². The van der Waals surface area contributed by atoms with Crippen molar-refractivity contribution in [3.05, 3.63) is 66.4 Å². The van der Waals surface area contributed by atoms with Crippen molar-refractivity contribution < 1.29 is 18.7 Å². The van der Waals surface area contributed by atoms with Crippen molar-refractivity contribution in [2.75, 3.05) is 17.7 Å². The van der Waals surface area contributed by atoms with Gasteiger partial charge >= 0.3 is 0 Å². The molecule has 3 aromatic carbocycles. The van der Waals surface area contributed by atoms with Crippen LogP contribution in [-0.4, -0.2) is 18.9 Å². The minimum absolute atomic E-state index is 0.147. The molecule has 0 saturated heterocycles. The summed E-state index contributed by atoms with van der Waals surface area (Å²) in [7, 11) is 1.53. The van der Waals surface area contributed by atoms with E-state index >= 15 is 0 Å². The second-order valence-corrected chi connectivity index (χ2v) is 6.74. The molecule has 0 bridgehead atoms. The molecule has 0 aliphatic heterocycles. The van der Waals surface area contributed by atoms with Crippen molar-refractivity contribution >= 4 is 44.9 Å². The van der Waals surface area contributed by atoms with Crippen LogP contribution in [0.3, 0.4) is 0 Å². The van der Waals surface area contributed by atoms with Gasteiger partial charge in [-0.1, -0.05) is 30.3 Å². The zero-order chi connectivity index (χ0) is 20.4. The van der Waals surface area contributed by atoms with E-state index < -0.39 is 0 Å². The van der Waals surface area contributed by atoms with E-state index in [1.807, 2.05) is 36.4 Å². The second kappa shape index (κ2) is 7.67. The van der Waals surface area contributed by atoms with Crippen molar-refractivity contribution in [1.29, 1.82) is 0 Å². The molecule has 4 aromatic rings. The number of carbonyl (C=O) groups excluding carboxylic acids is 2. The van der Waals surface area contributed by atoms with Crippen molar-refractivity contribution in [2.24, 2.45) is 0 Å². The molecule has 2 N–H and O–H groups in total. The van der Waals surface area contributed by atoms with Gasteiger partial charge in [-0.15, -0.1) is 0 Å². The van der Waals surface area contributed by atoms with Gasteiger partial charge in [0, 0.05) is 23.6 Å². The molecule has 1 aromatic heterocycles. The van der Waals surface area contributed by atoms with Gasteiger partial charge in [0.25, 0.3) is 0 Å². The molecule has 0 fully saturated rings. The first kappa shape index (κ1) is 18.6. The molecule has 1 heterocycles. The first-order chi connectivity index (χ1) is 14.0. The summed E-state index contributed by atoms with van der Waals surface area (Å²) in [4.78, 5) is 24.1. The highest BCUT2D eigenvalue weighted by Gasteiger charge is 2.15. The lowest BCUT2D eigenvalue weighted by molar-refractivity contribution is -0.115. The predicted octanol–water partition coefficient (Wildman–Crippen LogP) is 4.73. The summed E-state index contributed by atoms with van der Waals surface area (Å²) < 4.78 is 11.0. The maximum Gasteiger partial charge on any atom is 0.229 e. The largest absolute Gasteiger partial charge is 0.495 e. The SMILES string of the molecule is COc1ccc(NC(C)=O)cc1NC(=O)Cc1coc2ccc3ccccc3c12. The van der Waals surface area contributed by atoms with Crippen LogP contribution in [0.5, 0.6) is 5.75 Å². The number of anilines is 2. The number of nitrogens with one attached hydrogen (secondary N) is 2. The number of hydrogen-bond donors (Lipinski definition) is 2.